The van der Waals surface area contributed by atoms with Gasteiger partial charge in [0.2, 0.25) is 0 Å². The van der Waals surface area contributed by atoms with Crippen LogP contribution in [0.3, 0.4) is 0 Å². The number of nitrogens with zero attached hydrogens (tertiary/aromatic N) is 2. The fourth-order valence-electron chi connectivity index (χ4n) is 12.7. The molecular weight excluding hydrogens is 893 g/mol. The molecule has 10 aromatic carbocycles. The van der Waals surface area contributed by atoms with Crippen molar-refractivity contribution in [2.24, 2.45) is 0 Å². The summed E-state index contributed by atoms with van der Waals surface area (Å²) in [6.07, 6.45) is 2.32. The number of rotatable bonds is 1. The molecule has 8 aromatic heterocycles. The van der Waals surface area contributed by atoms with Gasteiger partial charge >= 0.3 is 0 Å². The molecule has 70 heavy (non-hydrogen) atoms. The van der Waals surface area contributed by atoms with Gasteiger partial charge in [-0.25, -0.2) is 0 Å². The maximum absolute atomic E-state index is 7.13. The third-order valence-electron chi connectivity index (χ3n) is 15.6. The van der Waals surface area contributed by atoms with Gasteiger partial charge in [-0.1, -0.05) is 121 Å². The van der Waals surface area contributed by atoms with Crippen LogP contribution in [0.1, 0.15) is 0 Å². The number of benzene rings is 10. The second kappa shape index (κ2) is 12.7. The van der Waals surface area contributed by atoms with Crippen molar-refractivity contribution >= 4 is 183 Å². The molecule has 0 aliphatic rings. The minimum absolute atomic E-state index is 0.871. The minimum Gasteiger partial charge on any atom is -0.456 e. The Morgan fingerprint density at radius 2 is 0.857 bits per heavy atom. The molecule has 0 atom stereocenters. The Morgan fingerprint density at radius 3 is 1.63 bits per heavy atom. The third kappa shape index (κ3) is 4.43. The van der Waals surface area contributed by atoms with Crippen molar-refractivity contribution < 1.29 is 8.83 Å². The van der Waals surface area contributed by atoms with Crippen molar-refractivity contribution in [2.45, 2.75) is 0 Å². The number of pyridine rings is 2. The van der Waals surface area contributed by atoms with Crippen LogP contribution in [-0.4, -0.2) is 8.80 Å². The van der Waals surface area contributed by atoms with E-state index in [4.69, 9.17) is 8.83 Å². The molecule has 0 radical (unpaired) electrons. The van der Waals surface area contributed by atoms with Crippen LogP contribution < -0.4 is 0 Å². The predicted octanol–water partition coefficient (Wildman–Crippen LogP) is 19.3. The van der Waals surface area contributed by atoms with Crippen LogP contribution in [0.2, 0.25) is 0 Å². The molecule has 0 unspecified atom stereocenters. The van der Waals surface area contributed by atoms with Gasteiger partial charge in [0.1, 0.15) is 22.3 Å². The quantitative estimate of drug-likeness (QED) is 0.154. The van der Waals surface area contributed by atoms with Crippen LogP contribution in [-0.2, 0) is 0 Å². The molecule has 0 N–H and O–H groups in total. The molecule has 18 rings (SSSR count). The van der Waals surface area contributed by atoms with E-state index >= 15 is 0 Å². The summed E-state index contributed by atoms with van der Waals surface area (Å²) in [5.41, 5.74) is 10.6. The SMILES string of the molecule is c1ccc2c(c1)cn1c3ccc4c5ccccc5sc4c3c3cc4oc5cc(-c6c7ccccc7c7c8cc9oc%10ccccc%10c9cc8c8c9sc%10ccccc%10c9ccc8n67)ccc5c4cc3c21. The summed E-state index contributed by atoms with van der Waals surface area (Å²) in [5, 5.41) is 21.9. The highest BCUT2D eigenvalue weighted by atomic mass is 32.1. The number of aromatic nitrogens is 2. The summed E-state index contributed by atoms with van der Waals surface area (Å²) < 4.78 is 23.9. The average molecular weight is 925 g/mol. The van der Waals surface area contributed by atoms with Crippen LogP contribution in [0.5, 0.6) is 0 Å². The van der Waals surface area contributed by atoms with E-state index in [1.165, 1.54) is 116 Å². The maximum Gasteiger partial charge on any atom is 0.136 e. The molecule has 4 nitrogen and oxygen atoms in total. The smallest absolute Gasteiger partial charge is 0.136 e. The number of hydrogen-bond donors (Lipinski definition) is 0. The summed E-state index contributed by atoms with van der Waals surface area (Å²) in [6, 6.07) is 69.4. The number of furan rings is 2. The van der Waals surface area contributed by atoms with Gasteiger partial charge in [-0.15, -0.1) is 22.7 Å². The number of fused-ring (bicyclic) bond motifs is 30. The standard InChI is InChI=1S/C64H32N2O2S2/c1-2-12-35-34(11-1)32-65-50-25-23-42-38-14-6-9-19-56(38)69-63(42)58(50)47-30-54-45(29-48(47)61(35)65)37-22-21-33(27-53(37)68-54)60-40-16-3-4-17-41(40)62-49-31-55-44(36-13-5-8-18-52(36)67-55)28-46(49)59-51(66(60)62)26-24-43-39-15-7-10-20-57(39)70-64(43)59/h1-32H. The molecule has 0 fully saturated rings. The lowest BCUT2D eigenvalue weighted by Crippen LogP contribution is -1.94. The van der Waals surface area contributed by atoms with E-state index in [0.717, 1.165) is 55.1 Å². The number of thiophene rings is 2. The van der Waals surface area contributed by atoms with Crippen molar-refractivity contribution in [1.82, 2.24) is 8.80 Å². The van der Waals surface area contributed by atoms with Gasteiger partial charge in [-0.05, 0) is 77.5 Å². The van der Waals surface area contributed by atoms with Crippen molar-refractivity contribution in [3.05, 3.63) is 194 Å². The molecule has 0 aliphatic heterocycles. The predicted molar refractivity (Wildman–Crippen MR) is 299 cm³/mol. The molecule has 0 bridgehead atoms. The van der Waals surface area contributed by atoms with Crippen LogP contribution in [0, 0.1) is 0 Å². The monoisotopic (exact) mass is 924 g/mol. The Hall–Kier alpha value is -8.68. The second-order valence-electron chi connectivity index (χ2n) is 19.1. The molecule has 322 valence electrons. The zero-order valence-corrected chi connectivity index (χ0v) is 38.6. The third-order valence-corrected chi connectivity index (χ3v) is 18.0. The van der Waals surface area contributed by atoms with Crippen LogP contribution in [0.25, 0.3) is 171 Å². The Morgan fingerprint density at radius 1 is 0.329 bits per heavy atom. The highest BCUT2D eigenvalue weighted by Gasteiger charge is 2.25. The zero-order chi connectivity index (χ0) is 45.1. The highest BCUT2D eigenvalue weighted by Crippen LogP contribution is 2.50. The Bertz CT molecular complexity index is 5440. The Labute approximate surface area is 403 Å². The summed E-state index contributed by atoms with van der Waals surface area (Å²) >= 11 is 3.78. The van der Waals surface area contributed by atoms with Crippen molar-refractivity contribution in [3.63, 3.8) is 0 Å². The zero-order valence-electron chi connectivity index (χ0n) is 37.0. The van der Waals surface area contributed by atoms with E-state index in [1.54, 1.807) is 0 Å². The number of hydrogen-bond acceptors (Lipinski definition) is 4. The van der Waals surface area contributed by atoms with Crippen LogP contribution in [0.15, 0.2) is 203 Å². The first-order valence-corrected chi connectivity index (χ1v) is 25.4. The molecule has 8 heterocycles. The van der Waals surface area contributed by atoms with Crippen molar-refractivity contribution in [3.8, 4) is 11.3 Å². The van der Waals surface area contributed by atoms with Gasteiger partial charge in [0.15, 0.2) is 0 Å². The van der Waals surface area contributed by atoms with Gasteiger partial charge in [-0.2, -0.15) is 0 Å². The molecule has 0 saturated carbocycles. The fourth-order valence-corrected chi connectivity index (χ4v) is 15.2. The van der Waals surface area contributed by atoms with E-state index in [0.29, 0.717) is 0 Å². The summed E-state index contributed by atoms with van der Waals surface area (Å²) in [5.74, 6) is 0. The average Bonchev–Trinajstić information content (AvgIpc) is 4.26. The van der Waals surface area contributed by atoms with E-state index in [2.05, 4.69) is 203 Å². The van der Waals surface area contributed by atoms with E-state index in [1.807, 2.05) is 22.7 Å². The summed E-state index contributed by atoms with van der Waals surface area (Å²) in [4.78, 5) is 0. The normalized spacial score (nSPS) is 12.9. The topological polar surface area (TPSA) is 35.1 Å². The molecular formula is C64H32N2O2S2. The Balaban J connectivity index is 0.966. The molecule has 6 heteroatoms. The van der Waals surface area contributed by atoms with Crippen molar-refractivity contribution in [1.29, 1.82) is 0 Å². The first-order valence-electron chi connectivity index (χ1n) is 23.8. The van der Waals surface area contributed by atoms with Crippen LogP contribution >= 0.6 is 22.7 Å². The van der Waals surface area contributed by atoms with E-state index < -0.39 is 0 Å². The van der Waals surface area contributed by atoms with Gasteiger partial charge in [0, 0.05) is 117 Å². The van der Waals surface area contributed by atoms with E-state index in [9.17, 15) is 0 Å². The highest BCUT2D eigenvalue weighted by molar-refractivity contribution is 7.27. The fraction of sp³-hybridized carbons (Fsp3) is 0. The lowest BCUT2D eigenvalue weighted by atomic mass is 9.99. The molecule has 0 spiro atoms. The molecule has 18 aromatic rings. The Kier molecular flexibility index (Phi) is 6.59. The summed E-state index contributed by atoms with van der Waals surface area (Å²) in [6.45, 7) is 0. The van der Waals surface area contributed by atoms with E-state index in [-0.39, 0.29) is 0 Å². The van der Waals surface area contributed by atoms with Gasteiger partial charge in [0.05, 0.1) is 27.8 Å². The number of para-hydroxylation sites is 1. The molecule has 0 aliphatic carbocycles. The second-order valence-corrected chi connectivity index (χ2v) is 21.2. The van der Waals surface area contributed by atoms with Gasteiger partial charge < -0.3 is 17.6 Å². The first-order chi connectivity index (χ1) is 34.7. The molecule has 0 saturated heterocycles. The summed E-state index contributed by atoms with van der Waals surface area (Å²) in [7, 11) is 0. The lowest BCUT2D eigenvalue weighted by Gasteiger charge is -2.14. The van der Waals surface area contributed by atoms with Gasteiger partial charge in [0.25, 0.3) is 0 Å². The van der Waals surface area contributed by atoms with Crippen molar-refractivity contribution in [2.75, 3.05) is 0 Å². The first kappa shape index (κ1) is 36.4. The maximum atomic E-state index is 7.13. The lowest BCUT2D eigenvalue weighted by molar-refractivity contribution is 0.669. The minimum atomic E-state index is 0.871. The molecule has 0 amide bonds. The largest absolute Gasteiger partial charge is 0.456 e. The van der Waals surface area contributed by atoms with Crippen LogP contribution in [0.4, 0.5) is 0 Å². The van der Waals surface area contributed by atoms with Gasteiger partial charge in [-0.3, -0.25) is 0 Å².